The summed E-state index contributed by atoms with van der Waals surface area (Å²) in [6.07, 6.45) is 2.88. The summed E-state index contributed by atoms with van der Waals surface area (Å²) in [4.78, 5) is 23.2. The normalized spacial score (nSPS) is 17.4. The first-order chi connectivity index (χ1) is 12.1. The Morgan fingerprint density at radius 1 is 1.32 bits per heavy atom. The third-order valence-corrected chi connectivity index (χ3v) is 4.55. The average Bonchev–Trinajstić information content (AvgIpc) is 3.19. The predicted octanol–water partition coefficient (Wildman–Crippen LogP) is 2.24. The molecule has 1 aliphatic heterocycles. The molecule has 0 amide bonds. The minimum atomic E-state index is -0.182. The molecule has 1 unspecified atom stereocenters. The van der Waals surface area contributed by atoms with Crippen molar-refractivity contribution in [2.45, 2.75) is 20.3 Å². The molecule has 1 N–H and O–H groups in total. The van der Waals surface area contributed by atoms with Crippen LogP contribution in [0.1, 0.15) is 17.7 Å². The molecule has 0 aliphatic carbocycles. The summed E-state index contributed by atoms with van der Waals surface area (Å²) in [6.45, 7) is 6.50. The minimum absolute atomic E-state index is 0.182. The van der Waals surface area contributed by atoms with E-state index in [0.717, 1.165) is 37.7 Å². The maximum Gasteiger partial charge on any atom is 0.289 e. The van der Waals surface area contributed by atoms with E-state index in [1.54, 1.807) is 12.1 Å². The molecule has 0 aromatic carbocycles. The van der Waals surface area contributed by atoms with E-state index >= 15 is 0 Å². The van der Waals surface area contributed by atoms with Crippen LogP contribution in [0.15, 0.2) is 39.8 Å². The van der Waals surface area contributed by atoms with E-state index in [0.29, 0.717) is 17.3 Å². The van der Waals surface area contributed by atoms with Gasteiger partial charge in [-0.3, -0.25) is 4.79 Å². The highest BCUT2D eigenvalue weighted by Gasteiger charge is 2.24. The Bertz CT molecular complexity index is 961. The van der Waals surface area contributed by atoms with Crippen molar-refractivity contribution in [2.75, 3.05) is 29.9 Å². The van der Waals surface area contributed by atoms with Crippen LogP contribution in [-0.2, 0) is 0 Å². The number of aromatic nitrogens is 3. The number of anilines is 2. The number of hydrogen-bond donors (Lipinski definition) is 1. The molecule has 3 aromatic rings. The Balaban J connectivity index is 1.44. The summed E-state index contributed by atoms with van der Waals surface area (Å²) < 4.78 is 6.57. The maximum absolute atomic E-state index is 12.2. The standard InChI is InChI=1S/C18H21N5O2/c1-12-3-5-19-15(7-12)20-10-14-4-6-22(11-14)16-9-18(24)23-17(21-16)8-13(2)25-23/h3,5,7-9,14H,4,6,10-11H2,1-2H3,(H,19,20). The molecule has 0 spiro atoms. The molecule has 0 bridgehead atoms. The SMILES string of the molecule is Cc1ccnc(NCC2CCN(c3cc(=O)n4oc(C)cc4n3)C2)c1. The summed E-state index contributed by atoms with van der Waals surface area (Å²) >= 11 is 0. The van der Waals surface area contributed by atoms with E-state index in [2.05, 4.69) is 27.1 Å². The molecule has 4 rings (SSSR count). The molecule has 0 radical (unpaired) electrons. The summed E-state index contributed by atoms with van der Waals surface area (Å²) in [5.74, 6) is 2.80. The second-order valence-corrected chi connectivity index (χ2v) is 6.65. The number of pyridine rings is 1. The van der Waals surface area contributed by atoms with Crippen LogP contribution in [0.5, 0.6) is 0 Å². The third kappa shape index (κ3) is 3.22. The highest BCUT2D eigenvalue weighted by molar-refractivity contribution is 5.48. The maximum atomic E-state index is 12.2. The lowest BCUT2D eigenvalue weighted by atomic mass is 10.1. The second-order valence-electron chi connectivity index (χ2n) is 6.65. The van der Waals surface area contributed by atoms with E-state index in [-0.39, 0.29) is 5.56 Å². The average molecular weight is 339 g/mol. The van der Waals surface area contributed by atoms with Crippen LogP contribution in [0.4, 0.5) is 11.6 Å². The van der Waals surface area contributed by atoms with Crippen LogP contribution in [0.2, 0.25) is 0 Å². The van der Waals surface area contributed by atoms with Gasteiger partial charge in [0.1, 0.15) is 17.4 Å². The highest BCUT2D eigenvalue weighted by atomic mass is 16.5. The zero-order chi connectivity index (χ0) is 17.4. The van der Waals surface area contributed by atoms with Crippen molar-refractivity contribution in [3.63, 3.8) is 0 Å². The summed E-state index contributed by atoms with van der Waals surface area (Å²) in [6, 6.07) is 7.36. The molecule has 7 heteroatoms. The third-order valence-electron chi connectivity index (χ3n) is 4.55. The quantitative estimate of drug-likeness (QED) is 0.786. The molecule has 130 valence electrons. The molecule has 25 heavy (non-hydrogen) atoms. The van der Waals surface area contributed by atoms with E-state index in [9.17, 15) is 4.79 Å². The van der Waals surface area contributed by atoms with Crippen LogP contribution < -0.4 is 15.8 Å². The van der Waals surface area contributed by atoms with Gasteiger partial charge in [-0.25, -0.2) is 9.97 Å². The van der Waals surface area contributed by atoms with Gasteiger partial charge >= 0.3 is 0 Å². The number of nitrogens with one attached hydrogen (secondary N) is 1. The monoisotopic (exact) mass is 339 g/mol. The van der Waals surface area contributed by atoms with E-state index < -0.39 is 0 Å². The molecular weight excluding hydrogens is 318 g/mol. The van der Waals surface area contributed by atoms with Gasteiger partial charge in [0.25, 0.3) is 5.56 Å². The highest BCUT2D eigenvalue weighted by Crippen LogP contribution is 2.22. The van der Waals surface area contributed by atoms with Gasteiger partial charge in [-0.15, -0.1) is 4.57 Å². The zero-order valence-electron chi connectivity index (χ0n) is 14.4. The van der Waals surface area contributed by atoms with Crippen molar-refractivity contribution in [3.8, 4) is 0 Å². The predicted molar refractivity (Wildman–Crippen MR) is 96.2 cm³/mol. The van der Waals surface area contributed by atoms with Gasteiger partial charge in [0.05, 0.1) is 0 Å². The van der Waals surface area contributed by atoms with Gasteiger partial charge in [-0.1, -0.05) is 0 Å². The topological polar surface area (TPSA) is 75.7 Å². The Morgan fingerprint density at radius 2 is 2.20 bits per heavy atom. The van der Waals surface area contributed by atoms with Gasteiger partial charge in [-0.2, -0.15) is 0 Å². The number of aryl methyl sites for hydroxylation is 2. The summed E-state index contributed by atoms with van der Waals surface area (Å²) in [5, 5.41) is 3.40. The number of hydrogen-bond acceptors (Lipinski definition) is 6. The lowest BCUT2D eigenvalue weighted by molar-refractivity contribution is 0.345. The van der Waals surface area contributed by atoms with Gasteiger partial charge in [0, 0.05) is 38.0 Å². The molecule has 0 saturated carbocycles. The largest absolute Gasteiger partial charge is 0.375 e. The van der Waals surface area contributed by atoms with E-state index in [1.165, 1.54) is 10.1 Å². The van der Waals surface area contributed by atoms with Crippen molar-refractivity contribution >= 4 is 17.3 Å². The molecule has 1 saturated heterocycles. The summed E-state index contributed by atoms with van der Waals surface area (Å²) in [7, 11) is 0. The Hall–Kier alpha value is -2.83. The Labute approximate surface area is 145 Å². The Kier molecular flexibility index (Phi) is 3.91. The zero-order valence-corrected chi connectivity index (χ0v) is 14.4. The molecule has 7 nitrogen and oxygen atoms in total. The molecule has 1 atom stereocenters. The fraction of sp³-hybridized carbons (Fsp3) is 0.389. The van der Waals surface area contributed by atoms with Crippen molar-refractivity contribution < 1.29 is 4.52 Å². The fourth-order valence-corrected chi connectivity index (χ4v) is 3.26. The van der Waals surface area contributed by atoms with Crippen molar-refractivity contribution in [3.05, 3.63) is 52.1 Å². The lowest BCUT2D eigenvalue weighted by Gasteiger charge is -2.17. The number of nitrogens with zero attached hydrogens (tertiary/aromatic N) is 4. The van der Waals surface area contributed by atoms with Crippen LogP contribution in [0, 0.1) is 19.8 Å². The van der Waals surface area contributed by atoms with Crippen LogP contribution in [0.25, 0.3) is 5.65 Å². The second kappa shape index (κ2) is 6.23. The van der Waals surface area contributed by atoms with Gasteiger partial charge in [0.15, 0.2) is 5.65 Å². The van der Waals surface area contributed by atoms with Crippen molar-refractivity contribution in [2.24, 2.45) is 5.92 Å². The summed E-state index contributed by atoms with van der Waals surface area (Å²) in [5.41, 5.74) is 1.57. The smallest absolute Gasteiger partial charge is 0.289 e. The van der Waals surface area contributed by atoms with Crippen LogP contribution in [0.3, 0.4) is 0 Å². The molecule has 3 aromatic heterocycles. The Morgan fingerprint density at radius 3 is 3.04 bits per heavy atom. The van der Waals surface area contributed by atoms with E-state index in [1.807, 2.05) is 25.3 Å². The van der Waals surface area contributed by atoms with Gasteiger partial charge in [0.2, 0.25) is 0 Å². The van der Waals surface area contributed by atoms with Gasteiger partial charge in [-0.05, 0) is 43.9 Å². The van der Waals surface area contributed by atoms with Crippen LogP contribution >= 0.6 is 0 Å². The van der Waals surface area contributed by atoms with Crippen molar-refractivity contribution in [1.29, 1.82) is 0 Å². The first-order valence-electron chi connectivity index (χ1n) is 8.51. The number of rotatable bonds is 4. The number of fused-ring (bicyclic) bond motifs is 1. The molecule has 1 aliphatic rings. The fourth-order valence-electron chi connectivity index (χ4n) is 3.26. The first kappa shape index (κ1) is 15.7. The molecule has 1 fully saturated rings. The van der Waals surface area contributed by atoms with Gasteiger partial charge < -0.3 is 14.7 Å². The molecular formula is C18H21N5O2. The molecule has 4 heterocycles. The van der Waals surface area contributed by atoms with Crippen LogP contribution in [-0.4, -0.2) is 34.2 Å². The first-order valence-corrected chi connectivity index (χ1v) is 8.51. The minimum Gasteiger partial charge on any atom is -0.375 e. The van der Waals surface area contributed by atoms with Crippen molar-refractivity contribution in [1.82, 2.24) is 14.5 Å². The lowest BCUT2D eigenvalue weighted by Crippen LogP contribution is -2.25. The van der Waals surface area contributed by atoms with E-state index in [4.69, 9.17) is 4.52 Å².